The summed E-state index contributed by atoms with van der Waals surface area (Å²) in [6.45, 7) is 4.30. The summed E-state index contributed by atoms with van der Waals surface area (Å²) in [5.74, 6) is -0.819. The molecule has 1 N–H and O–H groups in total. The average Bonchev–Trinajstić information content (AvgIpc) is 3.30. The number of allylic oxidation sites excluding steroid dienone is 12. The molecule has 0 aliphatic heterocycles. The highest BCUT2D eigenvalue weighted by Gasteiger charge is 2.27. The third-order valence-corrected chi connectivity index (χ3v) is 12.7. The van der Waals surface area contributed by atoms with Gasteiger partial charge in [-0.2, -0.15) is 0 Å². The van der Waals surface area contributed by atoms with Crippen molar-refractivity contribution in [3.05, 3.63) is 72.9 Å². The zero-order chi connectivity index (χ0) is 49.9. The van der Waals surface area contributed by atoms with Gasteiger partial charge in [0.2, 0.25) is 0 Å². The first-order valence-electron chi connectivity index (χ1n) is 27.7. The maximum atomic E-state index is 12.8. The molecule has 0 fully saturated rings. The number of nitrogens with zero attached hydrogens (tertiary/aromatic N) is 1. The van der Waals surface area contributed by atoms with Crippen molar-refractivity contribution in [2.24, 2.45) is 0 Å². The van der Waals surface area contributed by atoms with Crippen LogP contribution in [0.3, 0.4) is 0 Å². The summed E-state index contributed by atoms with van der Waals surface area (Å²) in [5, 5.41) is 0. The predicted octanol–water partition coefficient (Wildman–Crippen LogP) is 16.9. The molecule has 68 heavy (non-hydrogen) atoms. The standard InChI is InChI=1S/C58H104NO8P/c1-6-8-10-12-14-16-18-20-22-24-26-28-29-31-32-34-36-38-40-42-44-46-48-50-57(60)64-54-56(55-66-68(62,63)65-53-52-59(3,4)5)67-58(61)51-49-47-45-43-41-39-37-35-33-30-27-25-23-21-19-17-15-13-11-9-7-2/h9,11,15,17,21,23-24,26-27,30,35,37,56H,6-8,10,12-14,16,18-20,22,25,28-29,31-34,36,38-55H2,1-5H3/p+1/b11-9-,17-15-,23-21-,26-24-,30-27-,37-35-. The fourth-order valence-corrected chi connectivity index (χ4v) is 8.19. The number of quaternary nitrogens is 1. The molecule has 394 valence electrons. The van der Waals surface area contributed by atoms with Crippen LogP contribution in [0.15, 0.2) is 72.9 Å². The molecule has 0 bridgehead atoms. The molecule has 0 heterocycles. The Morgan fingerprint density at radius 3 is 1.26 bits per heavy atom. The topological polar surface area (TPSA) is 108 Å². The number of rotatable bonds is 50. The molecule has 0 radical (unpaired) electrons. The second kappa shape index (κ2) is 49.4. The highest BCUT2D eigenvalue weighted by atomic mass is 31.2. The molecule has 0 rings (SSSR count). The first-order chi connectivity index (χ1) is 33.0. The average molecular weight is 975 g/mol. The summed E-state index contributed by atoms with van der Waals surface area (Å²) in [6.07, 6.45) is 63.9. The van der Waals surface area contributed by atoms with Crippen LogP contribution >= 0.6 is 7.82 Å². The van der Waals surface area contributed by atoms with Gasteiger partial charge >= 0.3 is 19.8 Å². The number of hydrogen-bond donors (Lipinski definition) is 1. The molecule has 2 unspecified atom stereocenters. The van der Waals surface area contributed by atoms with Gasteiger partial charge in [0.15, 0.2) is 6.10 Å². The van der Waals surface area contributed by atoms with Crippen LogP contribution in [-0.4, -0.2) is 74.9 Å². The highest BCUT2D eigenvalue weighted by molar-refractivity contribution is 7.47. The lowest BCUT2D eigenvalue weighted by Crippen LogP contribution is -2.37. The number of phosphoric acid groups is 1. The number of carbonyl (C=O) groups excluding carboxylic acids is 2. The van der Waals surface area contributed by atoms with Gasteiger partial charge < -0.3 is 18.9 Å². The first kappa shape index (κ1) is 65.5. The third kappa shape index (κ3) is 52.8. The Morgan fingerprint density at radius 2 is 0.838 bits per heavy atom. The van der Waals surface area contributed by atoms with Crippen LogP contribution in [0.1, 0.15) is 232 Å². The second-order valence-corrected chi connectivity index (χ2v) is 21.0. The van der Waals surface area contributed by atoms with Crippen LogP contribution in [0, 0.1) is 0 Å². The normalized spacial score (nSPS) is 13.9. The first-order valence-corrected chi connectivity index (χ1v) is 29.2. The molecule has 0 aliphatic rings. The number of hydrogen-bond acceptors (Lipinski definition) is 7. The van der Waals surface area contributed by atoms with Gasteiger partial charge in [0.05, 0.1) is 27.7 Å². The van der Waals surface area contributed by atoms with Crippen molar-refractivity contribution in [2.45, 2.75) is 238 Å². The van der Waals surface area contributed by atoms with E-state index in [0.29, 0.717) is 17.4 Å². The highest BCUT2D eigenvalue weighted by Crippen LogP contribution is 2.43. The van der Waals surface area contributed by atoms with Crippen LogP contribution in [0.5, 0.6) is 0 Å². The van der Waals surface area contributed by atoms with E-state index in [0.717, 1.165) is 83.5 Å². The monoisotopic (exact) mass is 975 g/mol. The number of carbonyl (C=O) groups is 2. The number of esters is 2. The van der Waals surface area contributed by atoms with Crippen molar-refractivity contribution < 1.29 is 42.1 Å². The third-order valence-electron chi connectivity index (χ3n) is 11.7. The maximum Gasteiger partial charge on any atom is 0.472 e. The fourth-order valence-electron chi connectivity index (χ4n) is 7.45. The van der Waals surface area contributed by atoms with Crippen LogP contribution in [0.2, 0.25) is 0 Å². The van der Waals surface area contributed by atoms with Crippen molar-refractivity contribution in [3.8, 4) is 0 Å². The predicted molar refractivity (Wildman–Crippen MR) is 289 cm³/mol. The Labute approximate surface area is 418 Å². The number of ether oxygens (including phenoxy) is 2. The molecular formula is C58H105NO8P+. The van der Waals surface area contributed by atoms with E-state index < -0.39 is 26.5 Å². The molecule has 2 atom stereocenters. The SMILES string of the molecule is CC/C=C\C/C=C\C/C=C\C/C=C\C/C=C\CCCCCCCC(=O)OC(COC(=O)CCCCCCCCCCCCC/C=C\CCCCCCCCCC)COP(=O)(O)OCC[N+](C)(C)C. The van der Waals surface area contributed by atoms with E-state index in [1.165, 1.54) is 116 Å². The van der Waals surface area contributed by atoms with Gasteiger partial charge in [-0.3, -0.25) is 18.6 Å². The van der Waals surface area contributed by atoms with E-state index in [-0.39, 0.29) is 32.0 Å². The minimum atomic E-state index is -4.39. The van der Waals surface area contributed by atoms with Crippen molar-refractivity contribution >= 4 is 19.8 Å². The fraction of sp³-hybridized carbons (Fsp3) is 0.759. The van der Waals surface area contributed by atoms with Crippen molar-refractivity contribution in [3.63, 3.8) is 0 Å². The molecule has 0 aromatic rings. The molecule has 0 aromatic carbocycles. The number of unbranched alkanes of at least 4 members (excludes halogenated alkanes) is 24. The van der Waals surface area contributed by atoms with Crippen molar-refractivity contribution in [2.75, 3.05) is 47.5 Å². The van der Waals surface area contributed by atoms with Gasteiger partial charge in [0.25, 0.3) is 0 Å². The van der Waals surface area contributed by atoms with Gasteiger partial charge in [-0.25, -0.2) is 4.57 Å². The van der Waals surface area contributed by atoms with E-state index in [1.807, 2.05) is 21.1 Å². The minimum absolute atomic E-state index is 0.0246. The molecular weight excluding hydrogens is 870 g/mol. The summed E-state index contributed by atoms with van der Waals surface area (Å²) in [4.78, 5) is 35.6. The van der Waals surface area contributed by atoms with Gasteiger partial charge in [-0.05, 0) is 83.5 Å². The van der Waals surface area contributed by atoms with Crippen LogP contribution in [-0.2, 0) is 32.7 Å². The summed E-state index contributed by atoms with van der Waals surface area (Å²) >= 11 is 0. The van der Waals surface area contributed by atoms with Gasteiger partial charge in [0.1, 0.15) is 19.8 Å². The minimum Gasteiger partial charge on any atom is -0.462 e. The van der Waals surface area contributed by atoms with E-state index in [9.17, 15) is 19.0 Å². The lowest BCUT2D eigenvalue weighted by Gasteiger charge is -2.24. The molecule has 0 saturated heterocycles. The summed E-state index contributed by atoms with van der Waals surface area (Å²) < 4.78 is 34.5. The molecule has 10 heteroatoms. The lowest BCUT2D eigenvalue weighted by molar-refractivity contribution is -0.870. The quantitative estimate of drug-likeness (QED) is 0.0211. The van der Waals surface area contributed by atoms with Gasteiger partial charge in [-0.15, -0.1) is 0 Å². The second-order valence-electron chi connectivity index (χ2n) is 19.6. The maximum absolute atomic E-state index is 12.8. The van der Waals surface area contributed by atoms with Crippen LogP contribution in [0.4, 0.5) is 0 Å². The summed E-state index contributed by atoms with van der Waals surface area (Å²) in [7, 11) is 1.46. The Kier molecular flexibility index (Phi) is 47.6. The van der Waals surface area contributed by atoms with Crippen LogP contribution in [0.25, 0.3) is 0 Å². The molecule has 0 aliphatic carbocycles. The van der Waals surface area contributed by atoms with Crippen molar-refractivity contribution in [1.82, 2.24) is 0 Å². The zero-order valence-electron chi connectivity index (χ0n) is 44.6. The van der Waals surface area contributed by atoms with Gasteiger partial charge in [0, 0.05) is 12.8 Å². The Bertz CT molecular complexity index is 1380. The molecule has 0 aromatic heterocycles. The number of likely N-dealkylation sites (N-methyl/N-ethyl adjacent to an activating group) is 1. The van der Waals surface area contributed by atoms with Crippen LogP contribution < -0.4 is 0 Å². The van der Waals surface area contributed by atoms with E-state index >= 15 is 0 Å². The zero-order valence-corrected chi connectivity index (χ0v) is 45.5. The lowest BCUT2D eigenvalue weighted by atomic mass is 10.0. The molecule has 0 amide bonds. The summed E-state index contributed by atoms with van der Waals surface area (Å²) in [5.41, 5.74) is 0. The number of phosphoric ester groups is 1. The van der Waals surface area contributed by atoms with E-state index in [1.54, 1.807) is 0 Å². The van der Waals surface area contributed by atoms with E-state index in [2.05, 4.69) is 86.8 Å². The smallest absolute Gasteiger partial charge is 0.462 e. The van der Waals surface area contributed by atoms with Crippen molar-refractivity contribution in [1.29, 1.82) is 0 Å². The molecule has 9 nitrogen and oxygen atoms in total. The Hall–Kier alpha value is -2.55. The molecule has 0 saturated carbocycles. The van der Waals surface area contributed by atoms with E-state index in [4.69, 9.17) is 18.5 Å². The Morgan fingerprint density at radius 1 is 0.471 bits per heavy atom. The summed E-state index contributed by atoms with van der Waals surface area (Å²) in [6, 6.07) is 0. The molecule has 0 spiro atoms. The Balaban J connectivity index is 4.24. The van der Waals surface area contributed by atoms with Gasteiger partial charge in [-0.1, -0.05) is 209 Å². The largest absolute Gasteiger partial charge is 0.472 e.